The minimum absolute atomic E-state index is 0.248. The molecule has 0 aliphatic carbocycles. The van der Waals surface area contributed by atoms with Crippen molar-refractivity contribution in [3.05, 3.63) is 58.1 Å². The highest BCUT2D eigenvalue weighted by Crippen LogP contribution is 2.29. The molecule has 35 heavy (non-hydrogen) atoms. The topological polar surface area (TPSA) is 122 Å². The van der Waals surface area contributed by atoms with Gasteiger partial charge >= 0.3 is 0 Å². The van der Waals surface area contributed by atoms with Gasteiger partial charge in [0.25, 0.3) is 15.7 Å². The van der Waals surface area contributed by atoms with Gasteiger partial charge in [-0.15, -0.1) is 0 Å². The van der Waals surface area contributed by atoms with Crippen LogP contribution in [-0.4, -0.2) is 64.0 Å². The number of nitro benzene ring substituents is 1. The molecule has 1 aliphatic rings. The highest BCUT2D eigenvalue weighted by Gasteiger charge is 2.29. The van der Waals surface area contributed by atoms with Crippen molar-refractivity contribution in [3.63, 3.8) is 0 Å². The number of piperidine rings is 1. The highest BCUT2D eigenvalue weighted by atomic mass is 32.2. The summed E-state index contributed by atoms with van der Waals surface area (Å²) in [7, 11) is -2.78. The van der Waals surface area contributed by atoms with E-state index in [2.05, 4.69) is 10.2 Å². The molecule has 2 aromatic rings. The van der Waals surface area contributed by atoms with Crippen LogP contribution in [-0.2, 0) is 14.8 Å². The fraction of sp³-hybridized carbons (Fsp3) is 0.458. The van der Waals surface area contributed by atoms with E-state index in [0.29, 0.717) is 17.9 Å². The predicted octanol–water partition coefficient (Wildman–Crippen LogP) is 3.10. The summed E-state index contributed by atoms with van der Waals surface area (Å²) in [6.07, 6.45) is 4.41. The number of nitrogens with one attached hydrogen (secondary N) is 1. The summed E-state index contributed by atoms with van der Waals surface area (Å²) in [5, 5.41) is 14.2. The number of amides is 1. The SMILES string of the molecule is COc1ccc(N(CC(=O)NCCCN2CCCCC2)S(=O)(=O)c2ccc(C)c([N+](=O)[O-])c2)cc1. The monoisotopic (exact) mass is 504 g/mol. The molecule has 1 heterocycles. The third kappa shape index (κ3) is 6.92. The number of nitrogens with zero attached hydrogens (tertiary/aromatic N) is 3. The van der Waals surface area contributed by atoms with Gasteiger partial charge in [-0.25, -0.2) is 8.42 Å². The number of sulfonamides is 1. The van der Waals surface area contributed by atoms with Gasteiger partial charge in [-0.1, -0.05) is 12.5 Å². The van der Waals surface area contributed by atoms with Crippen molar-refractivity contribution in [1.29, 1.82) is 0 Å². The zero-order chi connectivity index (χ0) is 25.4. The van der Waals surface area contributed by atoms with E-state index >= 15 is 0 Å². The summed E-state index contributed by atoms with van der Waals surface area (Å²) in [5.74, 6) is 0.0730. The van der Waals surface area contributed by atoms with Crippen LogP contribution in [0.4, 0.5) is 11.4 Å². The van der Waals surface area contributed by atoms with Crippen LogP contribution in [0, 0.1) is 17.0 Å². The Morgan fingerprint density at radius 2 is 1.83 bits per heavy atom. The summed E-state index contributed by atoms with van der Waals surface area (Å²) in [6, 6.07) is 9.96. The van der Waals surface area contributed by atoms with Gasteiger partial charge in [0.2, 0.25) is 5.91 Å². The van der Waals surface area contributed by atoms with Crippen LogP contribution >= 0.6 is 0 Å². The molecule has 0 aromatic heterocycles. The fourth-order valence-corrected chi connectivity index (χ4v) is 5.48. The van der Waals surface area contributed by atoms with Crippen LogP contribution < -0.4 is 14.4 Å². The molecule has 0 bridgehead atoms. The Balaban J connectivity index is 1.77. The van der Waals surface area contributed by atoms with Gasteiger partial charge in [-0.3, -0.25) is 19.2 Å². The van der Waals surface area contributed by atoms with Crippen molar-refractivity contribution in [2.24, 2.45) is 0 Å². The number of anilines is 1. The third-order valence-corrected chi connectivity index (χ3v) is 7.80. The molecule has 11 heteroatoms. The Hall–Kier alpha value is -3.18. The molecular weight excluding hydrogens is 472 g/mol. The quantitative estimate of drug-likeness (QED) is 0.283. The molecule has 0 spiro atoms. The molecule has 10 nitrogen and oxygen atoms in total. The van der Waals surface area contributed by atoms with Crippen LogP contribution in [0.3, 0.4) is 0 Å². The molecule has 0 saturated carbocycles. The van der Waals surface area contributed by atoms with E-state index in [9.17, 15) is 23.3 Å². The maximum absolute atomic E-state index is 13.5. The Morgan fingerprint density at radius 3 is 2.46 bits per heavy atom. The number of rotatable bonds is 11. The van der Waals surface area contributed by atoms with E-state index in [1.54, 1.807) is 12.1 Å². The predicted molar refractivity (Wildman–Crippen MR) is 133 cm³/mol. The molecule has 1 aliphatic heterocycles. The van der Waals surface area contributed by atoms with E-state index in [4.69, 9.17) is 4.74 Å². The number of benzene rings is 2. The van der Waals surface area contributed by atoms with Gasteiger partial charge in [0.15, 0.2) is 0 Å². The second kappa shape index (κ2) is 12.0. The van der Waals surface area contributed by atoms with Crippen LogP contribution in [0.2, 0.25) is 0 Å². The minimum Gasteiger partial charge on any atom is -0.497 e. The Kier molecular flexibility index (Phi) is 9.05. The zero-order valence-corrected chi connectivity index (χ0v) is 20.9. The fourth-order valence-electron chi connectivity index (χ4n) is 4.04. The Bertz CT molecular complexity index is 1130. The van der Waals surface area contributed by atoms with E-state index in [1.165, 1.54) is 57.6 Å². The molecule has 1 N–H and O–H groups in total. The summed E-state index contributed by atoms with van der Waals surface area (Å²) in [5.41, 5.74) is 0.289. The lowest BCUT2D eigenvalue weighted by Gasteiger charge is -2.26. The number of carbonyl (C=O) groups is 1. The second-order valence-corrected chi connectivity index (χ2v) is 10.4. The lowest BCUT2D eigenvalue weighted by atomic mass is 10.1. The highest BCUT2D eigenvalue weighted by molar-refractivity contribution is 7.92. The lowest BCUT2D eigenvalue weighted by molar-refractivity contribution is -0.385. The molecule has 3 rings (SSSR count). The van der Waals surface area contributed by atoms with E-state index in [0.717, 1.165) is 36.4 Å². The van der Waals surface area contributed by atoms with Crippen LogP contribution in [0.15, 0.2) is 47.4 Å². The van der Waals surface area contributed by atoms with Gasteiger partial charge < -0.3 is 15.0 Å². The normalized spacial score (nSPS) is 14.3. The van der Waals surface area contributed by atoms with Crippen molar-refractivity contribution < 1.29 is 22.9 Å². The number of likely N-dealkylation sites (tertiary alicyclic amines) is 1. The maximum Gasteiger partial charge on any atom is 0.273 e. The minimum atomic E-state index is -4.27. The molecule has 0 atom stereocenters. The Morgan fingerprint density at radius 1 is 1.14 bits per heavy atom. The van der Waals surface area contributed by atoms with Crippen LogP contribution in [0.1, 0.15) is 31.2 Å². The average Bonchev–Trinajstić information content (AvgIpc) is 2.86. The summed E-state index contributed by atoms with van der Waals surface area (Å²) in [4.78, 5) is 25.6. The molecule has 1 fully saturated rings. The number of ether oxygens (including phenoxy) is 1. The van der Waals surface area contributed by atoms with Crippen molar-refractivity contribution in [2.45, 2.75) is 37.5 Å². The molecular formula is C24H32N4O6S. The van der Waals surface area contributed by atoms with Crippen molar-refractivity contribution in [1.82, 2.24) is 10.2 Å². The summed E-state index contributed by atoms with van der Waals surface area (Å²) in [6.45, 7) is 4.53. The lowest BCUT2D eigenvalue weighted by Crippen LogP contribution is -2.41. The van der Waals surface area contributed by atoms with Crippen molar-refractivity contribution in [2.75, 3.05) is 44.1 Å². The first-order valence-electron chi connectivity index (χ1n) is 11.6. The van der Waals surface area contributed by atoms with Gasteiger partial charge in [0.1, 0.15) is 12.3 Å². The first-order valence-corrected chi connectivity index (χ1v) is 13.1. The number of methoxy groups -OCH3 is 1. The first kappa shape index (κ1) is 26.4. The molecule has 2 aromatic carbocycles. The van der Waals surface area contributed by atoms with E-state index < -0.39 is 27.4 Å². The summed E-state index contributed by atoms with van der Waals surface area (Å²) < 4.78 is 33.2. The van der Waals surface area contributed by atoms with Crippen molar-refractivity contribution in [3.8, 4) is 5.75 Å². The zero-order valence-electron chi connectivity index (χ0n) is 20.1. The van der Waals surface area contributed by atoms with Gasteiger partial charge in [-0.2, -0.15) is 0 Å². The van der Waals surface area contributed by atoms with Crippen LogP contribution in [0.5, 0.6) is 5.75 Å². The number of hydrogen-bond donors (Lipinski definition) is 1. The molecule has 1 saturated heterocycles. The molecule has 0 radical (unpaired) electrons. The molecule has 1 amide bonds. The average molecular weight is 505 g/mol. The van der Waals surface area contributed by atoms with Gasteiger partial charge in [-0.05, 0) is 76.2 Å². The maximum atomic E-state index is 13.5. The standard InChI is InChI=1S/C24H32N4O6S/c1-19-7-12-22(17-23(19)28(30)31)35(32,33)27(20-8-10-21(34-2)11-9-20)18-24(29)25-13-6-16-26-14-4-3-5-15-26/h7-12,17H,3-6,13-16,18H2,1-2H3,(H,25,29). The number of aryl methyl sites for hydroxylation is 1. The number of nitro groups is 1. The van der Waals surface area contributed by atoms with Crippen molar-refractivity contribution >= 4 is 27.3 Å². The van der Waals surface area contributed by atoms with E-state index in [1.807, 2.05) is 0 Å². The number of hydrogen-bond acceptors (Lipinski definition) is 7. The molecule has 190 valence electrons. The third-order valence-electron chi connectivity index (χ3n) is 6.03. The molecule has 0 unspecified atom stereocenters. The van der Waals surface area contributed by atoms with Gasteiger partial charge in [0, 0.05) is 18.2 Å². The largest absolute Gasteiger partial charge is 0.497 e. The number of carbonyl (C=O) groups excluding carboxylic acids is 1. The second-order valence-electron chi connectivity index (χ2n) is 8.52. The van der Waals surface area contributed by atoms with Gasteiger partial charge in [0.05, 0.1) is 22.6 Å². The summed E-state index contributed by atoms with van der Waals surface area (Å²) >= 11 is 0. The van der Waals surface area contributed by atoms with E-state index in [-0.39, 0.29) is 16.3 Å². The first-order chi connectivity index (χ1) is 16.7. The smallest absolute Gasteiger partial charge is 0.273 e. The van der Waals surface area contributed by atoms with Crippen LogP contribution in [0.25, 0.3) is 0 Å². The Labute approximate surface area is 206 Å².